The molecule has 7 heteroatoms. The Bertz CT molecular complexity index is 1010. The van der Waals surface area contributed by atoms with Gasteiger partial charge < -0.3 is 15.0 Å². The van der Waals surface area contributed by atoms with E-state index in [2.05, 4.69) is 10.3 Å². The molecule has 6 nitrogen and oxygen atoms in total. The summed E-state index contributed by atoms with van der Waals surface area (Å²) in [6, 6.07) is 17.1. The first-order valence-corrected chi connectivity index (χ1v) is 8.81. The second kappa shape index (κ2) is 8.54. The van der Waals surface area contributed by atoms with Crippen LogP contribution in [0.2, 0.25) is 5.02 Å². The number of hydrogen-bond donors (Lipinski definition) is 1. The molecule has 0 atom stereocenters. The van der Waals surface area contributed by atoms with E-state index in [4.69, 9.17) is 16.3 Å². The maximum Gasteiger partial charge on any atom is 0.276 e. The molecule has 1 aromatic heterocycles. The maximum absolute atomic E-state index is 12.7. The van der Waals surface area contributed by atoms with Gasteiger partial charge in [-0.1, -0.05) is 29.8 Å². The fourth-order valence-electron chi connectivity index (χ4n) is 2.58. The van der Waals surface area contributed by atoms with Gasteiger partial charge in [0.2, 0.25) is 0 Å². The molecule has 1 N–H and O–H groups in total. The van der Waals surface area contributed by atoms with Gasteiger partial charge in [-0.05, 0) is 42.5 Å². The van der Waals surface area contributed by atoms with Crippen molar-refractivity contribution in [3.05, 3.63) is 83.1 Å². The Labute approximate surface area is 167 Å². The number of para-hydroxylation sites is 1. The number of rotatable bonds is 5. The lowest BCUT2D eigenvalue weighted by molar-refractivity contribution is 0.0988. The molecule has 0 saturated carbocycles. The molecule has 0 radical (unpaired) electrons. The van der Waals surface area contributed by atoms with Crippen LogP contribution in [0, 0.1) is 0 Å². The largest absolute Gasteiger partial charge is 0.495 e. The molecule has 142 valence electrons. The van der Waals surface area contributed by atoms with Gasteiger partial charge in [-0.15, -0.1) is 0 Å². The second-order valence-electron chi connectivity index (χ2n) is 5.93. The third-order valence-corrected chi connectivity index (χ3v) is 4.39. The van der Waals surface area contributed by atoms with E-state index >= 15 is 0 Å². The number of carbonyl (C=O) groups excluding carboxylic acids is 2. The number of amides is 2. The topological polar surface area (TPSA) is 71.5 Å². The molecule has 0 saturated heterocycles. The molecular weight excluding hydrogens is 378 g/mol. The third kappa shape index (κ3) is 4.29. The van der Waals surface area contributed by atoms with E-state index < -0.39 is 0 Å². The first-order chi connectivity index (χ1) is 13.5. The van der Waals surface area contributed by atoms with Crippen LogP contribution < -0.4 is 15.0 Å². The number of methoxy groups -OCH3 is 1. The number of nitrogens with one attached hydrogen (secondary N) is 1. The van der Waals surface area contributed by atoms with Crippen LogP contribution in [0.5, 0.6) is 5.75 Å². The summed E-state index contributed by atoms with van der Waals surface area (Å²) in [6.45, 7) is 0. The summed E-state index contributed by atoms with van der Waals surface area (Å²) in [5.74, 6) is -0.172. The summed E-state index contributed by atoms with van der Waals surface area (Å²) in [5.41, 5.74) is 1.73. The second-order valence-corrected chi connectivity index (χ2v) is 6.34. The molecule has 0 fully saturated rings. The lowest BCUT2D eigenvalue weighted by atomic mass is 10.2. The summed E-state index contributed by atoms with van der Waals surface area (Å²) in [4.78, 5) is 30.8. The number of nitrogens with zero attached hydrogens (tertiary/aromatic N) is 2. The Morgan fingerprint density at radius 3 is 2.50 bits per heavy atom. The number of hydrogen-bond acceptors (Lipinski definition) is 4. The van der Waals surface area contributed by atoms with Gasteiger partial charge in [-0.25, -0.2) is 0 Å². The summed E-state index contributed by atoms with van der Waals surface area (Å²) in [7, 11) is 3.17. The summed E-state index contributed by atoms with van der Waals surface area (Å²) in [6.07, 6.45) is 1.43. The average molecular weight is 396 g/mol. The minimum Gasteiger partial charge on any atom is -0.495 e. The molecule has 28 heavy (non-hydrogen) atoms. The van der Waals surface area contributed by atoms with Crippen LogP contribution in [0.1, 0.15) is 20.8 Å². The van der Waals surface area contributed by atoms with Gasteiger partial charge in [-0.3, -0.25) is 14.6 Å². The zero-order chi connectivity index (χ0) is 20.1. The van der Waals surface area contributed by atoms with E-state index in [9.17, 15) is 9.59 Å². The highest BCUT2D eigenvalue weighted by atomic mass is 35.5. The number of anilines is 2. The van der Waals surface area contributed by atoms with Crippen LogP contribution in [0.15, 0.2) is 66.9 Å². The van der Waals surface area contributed by atoms with Crippen molar-refractivity contribution in [1.82, 2.24) is 4.98 Å². The lowest BCUT2D eigenvalue weighted by Gasteiger charge is -2.17. The number of carbonyl (C=O) groups is 2. The van der Waals surface area contributed by atoms with E-state index in [1.165, 1.54) is 24.3 Å². The molecule has 0 aliphatic rings. The minimum atomic E-state index is -0.375. The quantitative estimate of drug-likeness (QED) is 0.700. The van der Waals surface area contributed by atoms with Crippen LogP contribution in [0.25, 0.3) is 0 Å². The molecule has 2 amide bonds. The summed E-state index contributed by atoms with van der Waals surface area (Å²) < 4.78 is 5.10. The number of ether oxygens (including phenoxy) is 1. The predicted molar refractivity (Wildman–Crippen MR) is 109 cm³/mol. The van der Waals surface area contributed by atoms with E-state index in [1.54, 1.807) is 31.3 Å². The Balaban J connectivity index is 1.78. The van der Waals surface area contributed by atoms with Gasteiger partial charge in [0.1, 0.15) is 11.4 Å². The average Bonchev–Trinajstić information content (AvgIpc) is 2.73. The summed E-state index contributed by atoms with van der Waals surface area (Å²) in [5, 5.41) is 3.13. The first-order valence-electron chi connectivity index (χ1n) is 8.43. The molecule has 3 aromatic rings. The monoisotopic (exact) mass is 395 g/mol. The van der Waals surface area contributed by atoms with Crippen molar-refractivity contribution in [1.29, 1.82) is 0 Å². The van der Waals surface area contributed by atoms with Crippen molar-refractivity contribution in [3.63, 3.8) is 0 Å². The maximum atomic E-state index is 12.7. The van der Waals surface area contributed by atoms with Crippen LogP contribution in [0.3, 0.4) is 0 Å². The van der Waals surface area contributed by atoms with Crippen molar-refractivity contribution < 1.29 is 14.3 Å². The van der Waals surface area contributed by atoms with E-state index in [0.29, 0.717) is 22.0 Å². The summed E-state index contributed by atoms with van der Waals surface area (Å²) >= 11 is 6.08. The van der Waals surface area contributed by atoms with E-state index in [1.807, 2.05) is 30.3 Å². The third-order valence-electron chi connectivity index (χ3n) is 4.10. The Hall–Kier alpha value is -3.38. The Kier molecular flexibility index (Phi) is 5.91. The highest BCUT2D eigenvalue weighted by Crippen LogP contribution is 2.27. The van der Waals surface area contributed by atoms with Crippen molar-refractivity contribution in [2.45, 2.75) is 0 Å². The van der Waals surface area contributed by atoms with E-state index in [0.717, 1.165) is 5.69 Å². The smallest absolute Gasteiger partial charge is 0.276 e. The van der Waals surface area contributed by atoms with Crippen molar-refractivity contribution in [3.8, 4) is 5.75 Å². The van der Waals surface area contributed by atoms with Crippen LogP contribution >= 0.6 is 11.6 Å². The first kappa shape index (κ1) is 19.4. The predicted octanol–water partition coefficient (Wildman–Crippen LogP) is 4.27. The molecule has 0 aliphatic heterocycles. The molecule has 0 spiro atoms. The molecule has 0 unspecified atom stereocenters. The van der Waals surface area contributed by atoms with Crippen molar-refractivity contribution >= 4 is 34.8 Å². The standard InChI is InChI=1S/C21H18ClN3O3/c1-25(16-6-4-3-5-7-16)21(27)18-12-14(10-11-23-18)20(26)24-15-8-9-19(28-2)17(22)13-15/h3-13H,1-2H3,(H,24,26). The highest BCUT2D eigenvalue weighted by Gasteiger charge is 2.17. The van der Waals surface area contributed by atoms with Gasteiger partial charge in [-0.2, -0.15) is 0 Å². The van der Waals surface area contributed by atoms with Crippen molar-refractivity contribution in [2.75, 3.05) is 24.4 Å². The Morgan fingerprint density at radius 2 is 1.82 bits per heavy atom. The van der Waals surface area contributed by atoms with E-state index in [-0.39, 0.29) is 17.5 Å². The number of aromatic nitrogens is 1. The van der Waals surface area contributed by atoms with Gasteiger partial charge in [0.05, 0.1) is 12.1 Å². The van der Waals surface area contributed by atoms with Gasteiger partial charge >= 0.3 is 0 Å². The lowest BCUT2D eigenvalue weighted by Crippen LogP contribution is -2.27. The van der Waals surface area contributed by atoms with Crippen LogP contribution in [0.4, 0.5) is 11.4 Å². The molecule has 2 aromatic carbocycles. The molecule has 0 aliphatic carbocycles. The highest BCUT2D eigenvalue weighted by molar-refractivity contribution is 6.32. The van der Waals surface area contributed by atoms with Crippen molar-refractivity contribution in [2.24, 2.45) is 0 Å². The van der Waals surface area contributed by atoms with Crippen LogP contribution in [-0.2, 0) is 0 Å². The number of benzene rings is 2. The van der Waals surface area contributed by atoms with Crippen LogP contribution in [-0.4, -0.2) is 31.0 Å². The minimum absolute atomic E-state index is 0.173. The normalized spacial score (nSPS) is 10.2. The number of halogens is 1. The van der Waals surface area contributed by atoms with Gasteiger partial charge in [0, 0.05) is 30.2 Å². The number of pyridine rings is 1. The molecule has 1 heterocycles. The molecule has 3 rings (SSSR count). The zero-order valence-corrected chi connectivity index (χ0v) is 16.1. The van der Waals surface area contributed by atoms with Gasteiger partial charge in [0.25, 0.3) is 11.8 Å². The molecule has 0 bridgehead atoms. The SMILES string of the molecule is COc1ccc(NC(=O)c2ccnc(C(=O)N(C)c3ccccc3)c2)cc1Cl. The van der Waals surface area contributed by atoms with Gasteiger partial charge in [0.15, 0.2) is 0 Å². The Morgan fingerprint density at radius 1 is 1.07 bits per heavy atom. The zero-order valence-electron chi connectivity index (χ0n) is 15.3. The fraction of sp³-hybridized carbons (Fsp3) is 0.0952. The molecular formula is C21H18ClN3O3. The fourth-order valence-corrected chi connectivity index (χ4v) is 2.83.